The smallest absolute Gasteiger partial charge is 0.320 e. The molecule has 0 bridgehead atoms. The van der Waals surface area contributed by atoms with Crippen LogP contribution in [0.1, 0.15) is 6.42 Å². The molecule has 0 radical (unpaired) electrons. The second kappa shape index (κ2) is 5.98. The zero-order chi connectivity index (χ0) is 17.4. The summed E-state index contributed by atoms with van der Waals surface area (Å²) < 4.78 is 2.26. The second-order valence-electron chi connectivity index (χ2n) is 8.74. The van der Waals surface area contributed by atoms with Gasteiger partial charge in [-0.05, 0) is 0 Å². The molecule has 1 atom stereocenters. The van der Waals surface area contributed by atoms with E-state index in [2.05, 4.69) is 43.5 Å². The minimum absolute atomic E-state index is 0.0907. The quantitative estimate of drug-likeness (QED) is 0.693. The molecule has 0 spiro atoms. The van der Waals surface area contributed by atoms with Crippen molar-refractivity contribution in [2.24, 2.45) is 5.73 Å². The zero-order valence-electron chi connectivity index (χ0n) is 15.0. The van der Waals surface area contributed by atoms with Gasteiger partial charge in [-0.2, -0.15) is 0 Å². The molecular weight excluding hydrogens is 316 g/mol. The fourth-order valence-corrected chi connectivity index (χ4v) is 20.3. The van der Waals surface area contributed by atoms with Gasteiger partial charge in [0.15, 0.2) is 0 Å². The summed E-state index contributed by atoms with van der Waals surface area (Å²) in [5.74, 6) is -1.41. The van der Waals surface area contributed by atoms with E-state index in [1.165, 1.54) is 0 Å². The van der Waals surface area contributed by atoms with E-state index in [1.54, 1.807) is 0 Å². The molecule has 0 aromatic heterocycles. The van der Waals surface area contributed by atoms with Crippen LogP contribution in [0.3, 0.4) is 0 Å². The van der Waals surface area contributed by atoms with E-state index in [4.69, 9.17) is 5.73 Å². The van der Waals surface area contributed by atoms with Gasteiger partial charge in [-0.3, -0.25) is 9.59 Å². The number of carbonyl (C=O) groups excluding carboxylic acids is 1. The summed E-state index contributed by atoms with van der Waals surface area (Å²) in [4.78, 5) is 24.1. The summed E-state index contributed by atoms with van der Waals surface area (Å²) in [5.41, 5.74) is 5.46. The Morgan fingerprint density at radius 1 is 0.952 bits per heavy atom. The molecule has 0 saturated heterocycles. The molecule has 5 nitrogen and oxygen atoms in total. The number of carboxylic acid groups (broad SMARTS) is 1. The Morgan fingerprint density at radius 2 is 1.29 bits per heavy atom. The Hall–Kier alpha value is -0.449. The Balaban J connectivity index is 6.58. The summed E-state index contributed by atoms with van der Waals surface area (Å²) in [6, 6.07) is 0. The Bertz CT molecular complexity index is 408. The van der Waals surface area contributed by atoms with Gasteiger partial charge in [0.05, 0.1) is 14.5 Å². The van der Waals surface area contributed by atoms with Crippen molar-refractivity contribution in [3.05, 3.63) is 0 Å². The van der Waals surface area contributed by atoms with Crippen LogP contribution in [-0.2, 0) is 9.59 Å². The van der Waals surface area contributed by atoms with Gasteiger partial charge in [0.25, 0.3) is 0 Å². The maximum absolute atomic E-state index is 12.4. The van der Waals surface area contributed by atoms with E-state index in [1.807, 2.05) is 19.6 Å². The molecule has 0 fully saturated rings. The normalized spacial score (nSPS) is 16.7. The molecule has 124 valence electrons. The standard InChI is InChI=1S/C13H32N2O3Si3/c1-19(2,3)13(12(17)18,10-11(14)16)15(20(4,5)6)21(7,8)9/h10H2,1-9H3,(H2,14,16)(H,17,18)/t13-/m1/s1. The fraction of sp³-hybridized carbons (Fsp3) is 0.846. The van der Waals surface area contributed by atoms with E-state index < -0.39 is 41.6 Å². The number of carboxylic acids is 1. The molecule has 0 aliphatic heterocycles. The lowest BCUT2D eigenvalue weighted by Crippen LogP contribution is -2.79. The molecule has 0 heterocycles. The molecule has 0 aliphatic carbocycles. The average Bonchev–Trinajstić information content (AvgIpc) is 2.08. The van der Waals surface area contributed by atoms with Crippen LogP contribution >= 0.6 is 0 Å². The molecule has 8 heteroatoms. The molecule has 21 heavy (non-hydrogen) atoms. The number of nitrogens with two attached hydrogens (primary N) is 1. The number of rotatable bonds is 7. The third kappa shape index (κ3) is 4.27. The predicted octanol–water partition coefficient (Wildman–Crippen LogP) is 2.53. The highest BCUT2D eigenvalue weighted by Crippen LogP contribution is 2.39. The first-order valence-electron chi connectivity index (χ1n) is 7.30. The first-order chi connectivity index (χ1) is 8.98. The molecule has 0 aliphatic rings. The maximum atomic E-state index is 12.4. The van der Waals surface area contributed by atoms with Gasteiger partial charge in [0.2, 0.25) is 5.91 Å². The molecule has 0 rings (SSSR count). The van der Waals surface area contributed by atoms with Crippen LogP contribution in [0.2, 0.25) is 58.9 Å². The second-order valence-corrected chi connectivity index (χ2v) is 24.1. The van der Waals surface area contributed by atoms with Crippen LogP contribution in [0.5, 0.6) is 0 Å². The summed E-state index contributed by atoms with van der Waals surface area (Å²) in [6.45, 7) is 19.0. The lowest BCUT2D eigenvalue weighted by Gasteiger charge is -2.58. The molecule has 0 aromatic rings. The fourth-order valence-electron chi connectivity index (χ4n) is 3.58. The largest absolute Gasteiger partial charge is 0.480 e. The van der Waals surface area contributed by atoms with Crippen molar-refractivity contribution in [2.75, 3.05) is 0 Å². The van der Waals surface area contributed by atoms with Crippen molar-refractivity contribution >= 4 is 36.4 Å². The van der Waals surface area contributed by atoms with Crippen molar-refractivity contribution in [3.63, 3.8) is 0 Å². The molecule has 3 N–H and O–H groups in total. The first-order valence-corrected chi connectivity index (χ1v) is 17.7. The summed E-state index contributed by atoms with van der Waals surface area (Å²) in [5, 5.41) is 9.02. The van der Waals surface area contributed by atoms with Crippen LogP contribution in [0, 0.1) is 0 Å². The highest BCUT2D eigenvalue weighted by atomic mass is 28.4. The average molecular weight is 349 g/mol. The van der Waals surface area contributed by atoms with Gasteiger partial charge in [0, 0.05) is 0 Å². The number of carbonyl (C=O) groups is 2. The Labute approximate surface area is 132 Å². The topological polar surface area (TPSA) is 83.6 Å². The van der Waals surface area contributed by atoms with E-state index >= 15 is 0 Å². The molecule has 0 aromatic carbocycles. The summed E-state index contributed by atoms with van der Waals surface area (Å²) >= 11 is 0. The third-order valence-corrected chi connectivity index (χ3v) is 14.8. The number of hydrogen-bond acceptors (Lipinski definition) is 3. The SMILES string of the molecule is C[Si](C)(C)N([C@@](CC(N)=O)(C(=O)O)[Si](C)(C)C)[Si](C)(C)C. The third-order valence-electron chi connectivity index (χ3n) is 3.75. The number of nitrogens with zero attached hydrogens (tertiary/aromatic N) is 1. The number of aliphatic carboxylic acids is 1. The van der Waals surface area contributed by atoms with Gasteiger partial charge >= 0.3 is 5.97 Å². The number of amides is 1. The lowest BCUT2D eigenvalue weighted by molar-refractivity contribution is -0.145. The highest BCUT2D eigenvalue weighted by Gasteiger charge is 2.60. The van der Waals surface area contributed by atoms with Crippen molar-refractivity contribution in [1.82, 2.24) is 4.23 Å². The van der Waals surface area contributed by atoms with Crippen molar-refractivity contribution in [1.29, 1.82) is 0 Å². The molecular formula is C13H32N2O3Si3. The molecule has 1 amide bonds. The Kier molecular flexibility index (Phi) is 5.85. The van der Waals surface area contributed by atoms with Crippen LogP contribution in [0.4, 0.5) is 0 Å². The van der Waals surface area contributed by atoms with Crippen LogP contribution in [0.25, 0.3) is 0 Å². The molecule has 0 unspecified atom stereocenters. The van der Waals surface area contributed by atoms with Crippen molar-refractivity contribution in [2.45, 2.75) is 70.5 Å². The van der Waals surface area contributed by atoms with E-state index in [0.717, 1.165) is 0 Å². The van der Waals surface area contributed by atoms with Crippen molar-refractivity contribution < 1.29 is 14.7 Å². The summed E-state index contributed by atoms with van der Waals surface area (Å²) in [7, 11) is -6.16. The van der Waals surface area contributed by atoms with Crippen molar-refractivity contribution in [3.8, 4) is 0 Å². The monoisotopic (exact) mass is 348 g/mol. The highest BCUT2D eigenvalue weighted by molar-refractivity contribution is 6.94. The molecule has 0 saturated carbocycles. The minimum atomic E-state index is -2.25. The van der Waals surface area contributed by atoms with E-state index in [-0.39, 0.29) is 6.42 Å². The zero-order valence-corrected chi connectivity index (χ0v) is 18.0. The maximum Gasteiger partial charge on any atom is 0.320 e. The van der Waals surface area contributed by atoms with Gasteiger partial charge in [-0.15, -0.1) is 0 Å². The summed E-state index contributed by atoms with van der Waals surface area (Å²) in [6.07, 6.45) is -0.0907. The van der Waals surface area contributed by atoms with Crippen LogP contribution in [0.15, 0.2) is 0 Å². The first kappa shape index (κ1) is 20.6. The predicted molar refractivity (Wildman–Crippen MR) is 96.1 cm³/mol. The van der Waals surface area contributed by atoms with Crippen LogP contribution in [-0.4, -0.2) is 50.9 Å². The van der Waals surface area contributed by atoms with Crippen LogP contribution < -0.4 is 5.73 Å². The van der Waals surface area contributed by atoms with Gasteiger partial charge in [-0.1, -0.05) is 58.9 Å². The number of hydrogen-bond donors (Lipinski definition) is 2. The Morgan fingerprint density at radius 3 is 1.43 bits per heavy atom. The van der Waals surface area contributed by atoms with E-state index in [0.29, 0.717) is 0 Å². The van der Waals surface area contributed by atoms with Gasteiger partial charge in [-0.25, -0.2) is 0 Å². The van der Waals surface area contributed by atoms with E-state index in [9.17, 15) is 14.7 Å². The van der Waals surface area contributed by atoms with Gasteiger partial charge < -0.3 is 15.1 Å². The minimum Gasteiger partial charge on any atom is -0.480 e. The lowest BCUT2D eigenvalue weighted by atomic mass is 10.2. The van der Waals surface area contributed by atoms with Gasteiger partial charge in [0.1, 0.15) is 21.6 Å². The number of primary amides is 1.